The molecule has 3 nitrogen and oxygen atoms in total. The molecule has 0 unspecified atom stereocenters. The zero-order valence-corrected chi connectivity index (χ0v) is 17.2. The van der Waals surface area contributed by atoms with Gasteiger partial charge in [0.05, 0.1) is 10.7 Å². The average molecular weight is 417 g/mol. The molecule has 0 aromatic heterocycles. The van der Waals surface area contributed by atoms with E-state index in [1.165, 1.54) is 12.1 Å². The van der Waals surface area contributed by atoms with Crippen LogP contribution < -0.4 is 10.6 Å². The Morgan fingerprint density at radius 1 is 1.28 bits per heavy atom. The van der Waals surface area contributed by atoms with Crippen LogP contribution in [-0.2, 0) is 0 Å². The minimum atomic E-state index is -0.706. The molecule has 1 aliphatic heterocycles. The molecule has 0 saturated carbocycles. The molecule has 152 valence electrons. The molecule has 2 aromatic carbocycles. The van der Waals surface area contributed by atoms with Gasteiger partial charge in [0, 0.05) is 17.7 Å². The Bertz CT molecular complexity index is 999. The Morgan fingerprint density at radius 2 is 2.07 bits per heavy atom. The van der Waals surface area contributed by atoms with Crippen molar-refractivity contribution in [3.8, 4) is 0 Å². The van der Waals surface area contributed by atoms with Gasteiger partial charge in [-0.05, 0) is 61.2 Å². The van der Waals surface area contributed by atoms with Crippen molar-refractivity contribution >= 4 is 34.3 Å². The Kier molecular flexibility index (Phi) is 6.83. The highest BCUT2D eigenvalue weighted by Gasteiger charge is 2.18. The zero-order chi connectivity index (χ0) is 21.0. The first-order chi connectivity index (χ1) is 14.0. The molecule has 0 saturated heterocycles. The molecule has 1 amide bonds. The van der Waals surface area contributed by atoms with Crippen molar-refractivity contribution in [2.24, 2.45) is 0 Å². The molecule has 6 heteroatoms. The largest absolute Gasteiger partial charge is 0.319 e. The predicted molar refractivity (Wildman–Crippen MR) is 115 cm³/mol. The minimum Gasteiger partial charge on any atom is -0.319 e. The first-order valence-electron chi connectivity index (χ1n) is 9.60. The van der Waals surface area contributed by atoms with E-state index in [2.05, 4.69) is 10.6 Å². The predicted octanol–water partition coefficient (Wildman–Crippen LogP) is 6.06. The summed E-state index contributed by atoms with van der Waals surface area (Å²) >= 11 is 6.17. The van der Waals surface area contributed by atoms with Crippen molar-refractivity contribution in [1.82, 2.24) is 5.32 Å². The number of nitrogens with one attached hydrogen (secondary N) is 2. The van der Waals surface area contributed by atoms with Crippen LogP contribution in [0.25, 0.3) is 11.1 Å². The topological polar surface area (TPSA) is 41.1 Å². The van der Waals surface area contributed by atoms with Gasteiger partial charge in [-0.2, -0.15) is 0 Å². The lowest BCUT2D eigenvalue weighted by molar-refractivity contribution is 0.102. The molecular weight excluding hydrogens is 394 g/mol. The van der Waals surface area contributed by atoms with E-state index in [1.807, 2.05) is 26.0 Å². The number of anilines is 1. The number of carbonyl (C=O) groups excluding carboxylic acids is 1. The SMILES string of the molecule is C/C=C(\CC)c1ccc(NC(=O)c2ccc(C3=CCNCC3)c(F)c2)c(F)c1Cl. The maximum Gasteiger partial charge on any atom is 0.255 e. The van der Waals surface area contributed by atoms with Crippen LogP contribution in [0.3, 0.4) is 0 Å². The van der Waals surface area contributed by atoms with E-state index < -0.39 is 17.5 Å². The first-order valence-corrected chi connectivity index (χ1v) is 9.98. The second-order valence-electron chi connectivity index (χ2n) is 6.79. The summed E-state index contributed by atoms with van der Waals surface area (Å²) in [6.45, 7) is 5.30. The van der Waals surface area contributed by atoms with E-state index in [4.69, 9.17) is 11.6 Å². The van der Waals surface area contributed by atoms with E-state index in [1.54, 1.807) is 18.2 Å². The number of hydrogen-bond donors (Lipinski definition) is 2. The van der Waals surface area contributed by atoms with E-state index in [-0.39, 0.29) is 16.3 Å². The molecule has 1 heterocycles. The summed E-state index contributed by atoms with van der Waals surface area (Å²) in [6, 6.07) is 7.45. The van der Waals surface area contributed by atoms with Crippen LogP contribution in [0.1, 0.15) is 48.2 Å². The third kappa shape index (κ3) is 4.57. The van der Waals surface area contributed by atoms with E-state index in [0.717, 1.165) is 24.1 Å². The number of rotatable bonds is 5. The first kappa shape index (κ1) is 21.2. The summed E-state index contributed by atoms with van der Waals surface area (Å²) in [6.07, 6.45) is 5.25. The quantitative estimate of drug-likeness (QED) is 0.622. The molecule has 3 rings (SSSR count). The van der Waals surface area contributed by atoms with Gasteiger partial charge in [0.2, 0.25) is 0 Å². The van der Waals surface area contributed by atoms with Crippen LogP contribution in [0.2, 0.25) is 5.02 Å². The fourth-order valence-electron chi connectivity index (χ4n) is 3.42. The number of halogens is 3. The van der Waals surface area contributed by atoms with E-state index in [9.17, 15) is 13.6 Å². The highest BCUT2D eigenvalue weighted by molar-refractivity contribution is 6.33. The molecule has 0 atom stereocenters. The van der Waals surface area contributed by atoms with Crippen molar-refractivity contribution in [2.45, 2.75) is 26.7 Å². The molecular formula is C23H23ClF2N2O. The smallest absolute Gasteiger partial charge is 0.255 e. The molecule has 0 radical (unpaired) electrons. The summed E-state index contributed by atoms with van der Waals surface area (Å²) in [5.74, 6) is -1.78. The maximum absolute atomic E-state index is 14.7. The fourth-order valence-corrected chi connectivity index (χ4v) is 3.71. The summed E-state index contributed by atoms with van der Waals surface area (Å²) in [5, 5.41) is 5.62. The zero-order valence-electron chi connectivity index (χ0n) is 16.4. The lowest BCUT2D eigenvalue weighted by atomic mass is 9.98. The van der Waals surface area contributed by atoms with E-state index >= 15 is 0 Å². The minimum absolute atomic E-state index is 0.0409. The van der Waals surface area contributed by atoms with Crippen LogP contribution >= 0.6 is 11.6 Å². The molecule has 29 heavy (non-hydrogen) atoms. The standard InChI is InChI=1S/C23H23ClF2N2O/c1-3-14(4-2)18-7-8-20(22(26)21(18)24)28-23(29)16-5-6-17(19(25)13-16)15-9-11-27-12-10-15/h3,5-9,13,27H,4,10-12H2,1-2H3,(H,28,29)/b14-3+. The van der Waals surface area contributed by atoms with Crippen LogP contribution in [-0.4, -0.2) is 19.0 Å². The molecule has 0 aliphatic carbocycles. The normalized spacial score (nSPS) is 14.5. The third-order valence-electron chi connectivity index (χ3n) is 5.05. The Labute approximate surface area is 174 Å². The summed E-state index contributed by atoms with van der Waals surface area (Å²) in [7, 11) is 0. The molecule has 0 bridgehead atoms. The summed E-state index contributed by atoms with van der Waals surface area (Å²) in [5.41, 5.74) is 2.98. The molecule has 0 fully saturated rings. The lowest BCUT2D eigenvalue weighted by Crippen LogP contribution is -2.20. The fraction of sp³-hybridized carbons (Fsp3) is 0.261. The third-order valence-corrected chi connectivity index (χ3v) is 5.42. The second kappa shape index (κ2) is 9.33. The van der Waals surface area contributed by atoms with Crippen LogP contribution in [0, 0.1) is 11.6 Å². The highest BCUT2D eigenvalue weighted by Crippen LogP contribution is 2.32. The number of allylic oxidation sites excluding steroid dienone is 2. The number of hydrogen-bond acceptors (Lipinski definition) is 2. The molecule has 2 N–H and O–H groups in total. The number of amides is 1. The average Bonchev–Trinajstić information content (AvgIpc) is 2.74. The van der Waals surface area contributed by atoms with Crippen molar-refractivity contribution in [2.75, 3.05) is 18.4 Å². The van der Waals surface area contributed by atoms with Crippen molar-refractivity contribution in [3.05, 3.63) is 75.8 Å². The van der Waals surface area contributed by atoms with Gasteiger partial charge in [0.15, 0.2) is 5.82 Å². The molecule has 2 aromatic rings. The van der Waals surface area contributed by atoms with Crippen LogP contribution in [0.5, 0.6) is 0 Å². The van der Waals surface area contributed by atoms with Gasteiger partial charge in [-0.1, -0.05) is 42.8 Å². The van der Waals surface area contributed by atoms with Gasteiger partial charge < -0.3 is 10.6 Å². The van der Waals surface area contributed by atoms with Crippen molar-refractivity contribution in [1.29, 1.82) is 0 Å². The van der Waals surface area contributed by atoms with Gasteiger partial charge in [0.25, 0.3) is 5.91 Å². The van der Waals surface area contributed by atoms with E-state index in [0.29, 0.717) is 24.1 Å². The van der Waals surface area contributed by atoms with Crippen LogP contribution in [0.4, 0.5) is 14.5 Å². The van der Waals surface area contributed by atoms with Crippen LogP contribution in [0.15, 0.2) is 42.5 Å². The monoisotopic (exact) mass is 416 g/mol. The van der Waals surface area contributed by atoms with Crippen molar-refractivity contribution in [3.63, 3.8) is 0 Å². The van der Waals surface area contributed by atoms with Gasteiger partial charge in [0.1, 0.15) is 5.82 Å². The Balaban J connectivity index is 1.82. The Morgan fingerprint density at radius 3 is 2.69 bits per heavy atom. The van der Waals surface area contributed by atoms with Gasteiger partial charge >= 0.3 is 0 Å². The Hall–Kier alpha value is -2.50. The second-order valence-corrected chi connectivity index (χ2v) is 7.17. The number of benzene rings is 2. The van der Waals surface area contributed by atoms with Gasteiger partial charge in [-0.15, -0.1) is 0 Å². The highest BCUT2D eigenvalue weighted by atomic mass is 35.5. The van der Waals surface area contributed by atoms with Gasteiger partial charge in [-0.25, -0.2) is 8.78 Å². The van der Waals surface area contributed by atoms with Gasteiger partial charge in [-0.3, -0.25) is 4.79 Å². The molecule has 1 aliphatic rings. The number of carbonyl (C=O) groups is 1. The molecule has 0 spiro atoms. The maximum atomic E-state index is 14.7. The summed E-state index contributed by atoms with van der Waals surface area (Å²) < 4.78 is 29.3. The summed E-state index contributed by atoms with van der Waals surface area (Å²) in [4.78, 5) is 12.5. The van der Waals surface area contributed by atoms with Crippen molar-refractivity contribution < 1.29 is 13.6 Å². The lowest BCUT2D eigenvalue weighted by Gasteiger charge is -2.15.